The molecule has 1 aliphatic rings. The minimum absolute atomic E-state index is 0.0473. The molecule has 0 bridgehead atoms. The number of rotatable bonds is 10. The Labute approximate surface area is 194 Å². The molecule has 5 N–H and O–H groups in total. The van der Waals surface area contributed by atoms with Crippen molar-refractivity contribution in [2.45, 2.75) is 46.1 Å². The van der Waals surface area contributed by atoms with Gasteiger partial charge in [0.05, 0.1) is 17.9 Å². The number of carbonyl (C=O) groups is 1. The molecule has 0 unspecified atom stereocenters. The Balaban J connectivity index is 1.95. The fourth-order valence-electron chi connectivity index (χ4n) is 4.20. The number of carbonyl (C=O) groups excluding carboxylic acids is 1. The Morgan fingerprint density at radius 1 is 1.33 bits per heavy atom. The van der Waals surface area contributed by atoms with E-state index in [4.69, 9.17) is 15.9 Å². The lowest BCUT2D eigenvalue weighted by Gasteiger charge is -2.30. The van der Waals surface area contributed by atoms with Crippen LogP contribution in [-0.2, 0) is 11.3 Å². The number of likely N-dealkylation sites (tertiary alicyclic amines) is 1. The van der Waals surface area contributed by atoms with Crippen molar-refractivity contribution in [3.8, 4) is 17.1 Å². The second kappa shape index (κ2) is 11.1. The van der Waals surface area contributed by atoms with E-state index in [9.17, 15) is 9.59 Å². The van der Waals surface area contributed by atoms with Gasteiger partial charge in [0.1, 0.15) is 23.0 Å². The van der Waals surface area contributed by atoms with E-state index in [0.717, 1.165) is 37.9 Å². The first-order valence-corrected chi connectivity index (χ1v) is 11.6. The Morgan fingerprint density at radius 2 is 2.06 bits per heavy atom. The maximum Gasteiger partial charge on any atom is 0.275 e. The Hall–Kier alpha value is -3.20. The molecule has 2 heterocycles. The zero-order chi connectivity index (χ0) is 24.0. The van der Waals surface area contributed by atoms with E-state index >= 15 is 0 Å². The standard InChI is InChI=1S/C24H34N6O3/c1-4-6-18(25)20-21(27-3)24(32)29-23(28-20)17-13-15(7-8-19(17)33-5-2)14-30-11-9-16(10-12-30)22(26)31/h7-8,13,16,25,27H,4-6,9-12,14H2,1-3H3,(H2,26,31)(H,28,29,32). The van der Waals surface area contributed by atoms with Crippen molar-refractivity contribution < 1.29 is 9.53 Å². The van der Waals surface area contributed by atoms with Crippen molar-refractivity contribution in [3.05, 3.63) is 39.8 Å². The van der Waals surface area contributed by atoms with Crippen molar-refractivity contribution in [2.24, 2.45) is 11.7 Å². The molecule has 178 valence electrons. The molecular formula is C24H34N6O3. The van der Waals surface area contributed by atoms with E-state index in [1.165, 1.54) is 0 Å². The largest absolute Gasteiger partial charge is 0.493 e. The summed E-state index contributed by atoms with van der Waals surface area (Å²) in [4.78, 5) is 34.0. The highest BCUT2D eigenvalue weighted by Crippen LogP contribution is 2.30. The highest BCUT2D eigenvalue weighted by Gasteiger charge is 2.23. The molecule has 0 aliphatic carbocycles. The average molecular weight is 455 g/mol. The van der Waals surface area contributed by atoms with Gasteiger partial charge in [-0.1, -0.05) is 19.4 Å². The van der Waals surface area contributed by atoms with Crippen molar-refractivity contribution >= 4 is 17.3 Å². The van der Waals surface area contributed by atoms with Crippen LogP contribution in [0.3, 0.4) is 0 Å². The summed E-state index contributed by atoms with van der Waals surface area (Å²) in [6, 6.07) is 5.89. The molecule has 33 heavy (non-hydrogen) atoms. The number of hydrogen-bond acceptors (Lipinski definition) is 7. The van der Waals surface area contributed by atoms with Crippen LogP contribution in [0.4, 0.5) is 5.69 Å². The number of nitrogens with zero attached hydrogens (tertiary/aromatic N) is 2. The van der Waals surface area contributed by atoms with Gasteiger partial charge in [0.15, 0.2) is 0 Å². The fraction of sp³-hybridized carbons (Fsp3) is 0.500. The van der Waals surface area contributed by atoms with Crippen LogP contribution in [0.2, 0.25) is 0 Å². The molecule has 0 atom stereocenters. The maximum absolute atomic E-state index is 12.8. The molecule has 0 saturated carbocycles. The van der Waals surface area contributed by atoms with Gasteiger partial charge in [0.25, 0.3) is 5.56 Å². The van der Waals surface area contributed by atoms with Crippen LogP contribution in [0.15, 0.2) is 23.0 Å². The normalized spacial score (nSPS) is 14.8. The predicted molar refractivity (Wildman–Crippen MR) is 130 cm³/mol. The number of benzene rings is 1. The minimum atomic E-state index is -0.320. The Morgan fingerprint density at radius 3 is 2.67 bits per heavy atom. The fourth-order valence-corrected chi connectivity index (χ4v) is 4.20. The minimum Gasteiger partial charge on any atom is -0.493 e. The molecule has 0 radical (unpaired) electrons. The van der Waals surface area contributed by atoms with E-state index in [1.54, 1.807) is 7.05 Å². The topological polar surface area (TPSA) is 137 Å². The molecular weight excluding hydrogens is 420 g/mol. The van der Waals surface area contributed by atoms with Crippen molar-refractivity contribution in [1.29, 1.82) is 5.41 Å². The quantitative estimate of drug-likeness (QED) is 0.407. The summed E-state index contributed by atoms with van der Waals surface area (Å²) in [5.74, 6) is 0.742. The number of amides is 1. The number of piperidine rings is 1. The van der Waals surface area contributed by atoms with Gasteiger partial charge in [-0.2, -0.15) is 0 Å². The molecule has 1 aromatic heterocycles. The number of H-pyrrole nitrogens is 1. The SMILES string of the molecule is CCCC(=N)c1nc(-c2cc(CN3CCC(C(N)=O)CC3)ccc2OCC)[nH]c(=O)c1NC. The number of primary amides is 1. The summed E-state index contributed by atoms with van der Waals surface area (Å²) in [7, 11) is 1.66. The van der Waals surface area contributed by atoms with E-state index in [1.807, 2.05) is 32.0 Å². The molecule has 0 spiro atoms. The Bertz CT molecular complexity index is 1060. The average Bonchev–Trinajstić information content (AvgIpc) is 2.80. The zero-order valence-electron chi connectivity index (χ0n) is 19.7. The first-order chi connectivity index (χ1) is 15.9. The molecule has 1 aromatic carbocycles. The third kappa shape index (κ3) is 5.78. The molecule has 1 fully saturated rings. The van der Waals surface area contributed by atoms with Gasteiger partial charge in [-0.3, -0.25) is 14.5 Å². The number of anilines is 1. The summed E-state index contributed by atoms with van der Waals surface area (Å²) < 4.78 is 5.82. The number of hydrogen-bond donors (Lipinski definition) is 4. The molecule has 3 rings (SSSR count). The van der Waals surface area contributed by atoms with Crippen LogP contribution >= 0.6 is 0 Å². The van der Waals surface area contributed by atoms with Gasteiger partial charge in [-0.15, -0.1) is 0 Å². The number of ether oxygens (including phenoxy) is 1. The first kappa shape index (κ1) is 24.4. The lowest BCUT2D eigenvalue weighted by atomic mass is 9.96. The molecule has 9 heteroatoms. The monoisotopic (exact) mass is 454 g/mol. The van der Waals surface area contributed by atoms with E-state index in [2.05, 4.69) is 20.2 Å². The predicted octanol–water partition coefficient (Wildman–Crippen LogP) is 2.74. The summed E-state index contributed by atoms with van der Waals surface area (Å²) in [6.45, 7) is 6.70. The number of aromatic amines is 1. The van der Waals surface area contributed by atoms with E-state index < -0.39 is 0 Å². The van der Waals surface area contributed by atoms with Gasteiger partial charge in [-0.25, -0.2) is 4.98 Å². The highest BCUT2D eigenvalue weighted by atomic mass is 16.5. The summed E-state index contributed by atoms with van der Waals surface area (Å²) in [5, 5.41) is 11.3. The highest BCUT2D eigenvalue weighted by molar-refractivity contribution is 6.01. The van der Waals surface area contributed by atoms with Crippen molar-refractivity contribution in [1.82, 2.24) is 14.9 Å². The van der Waals surface area contributed by atoms with Gasteiger partial charge >= 0.3 is 0 Å². The van der Waals surface area contributed by atoms with Crippen LogP contribution in [0.5, 0.6) is 5.75 Å². The van der Waals surface area contributed by atoms with Crippen molar-refractivity contribution in [2.75, 3.05) is 32.1 Å². The molecule has 9 nitrogen and oxygen atoms in total. The second-order valence-electron chi connectivity index (χ2n) is 8.33. The third-order valence-electron chi connectivity index (χ3n) is 5.95. The number of nitrogens with one attached hydrogen (secondary N) is 3. The first-order valence-electron chi connectivity index (χ1n) is 11.6. The molecule has 2 aromatic rings. The van der Waals surface area contributed by atoms with Crippen LogP contribution in [0, 0.1) is 11.3 Å². The van der Waals surface area contributed by atoms with E-state index in [0.29, 0.717) is 53.8 Å². The smallest absolute Gasteiger partial charge is 0.275 e. The summed E-state index contributed by atoms with van der Waals surface area (Å²) in [5.41, 5.74) is 7.85. The molecule has 1 saturated heterocycles. The summed E-state index contributed by atoms with van der Waals surface area (Å²) >= 11 is 0. The van der Waals surface area contributed by atoms with Crippen molar-refractivity contribution in [3.63, 3.8) is 0 Å². The lowest BCUT2D eigenvalue weighted by Crippen LogP contribution is -2.38. The molecule has 1 aliphatic heterocycles. The second-order valence-corrected chi connectivity index (χ2v) is 8.33. The number of aromatic nitrogens is 2. The summed E-state index contributed by atoms with van der Waals surface area (Å²) in [6.07, 6.45) is 2.85. The number of nitrogens with two attached hydrogens (primary N) is 1. The van der Waals surface area contributed by atoms with Gasteiger partial charge < -0.3 is 26.2 Å². The lowest BCUT2D eigenvalue weighted by molar-refractivity contribution is -0.123. The third-order valence-corrected chi connectivity index (χ3v) is 5.95. The van der Waals surface area contributed by atoms with Crippen LogP contribution in [0.25, 0.3) is 11.4 Å². The van der Waals surface area contributed by atoms with Gasteiger partial charge in [-0.05, 0) is 57.0 Å². The van der Waals surface area contributed by atoms with Crippen LogP contribution in [-0.4, -0.2) is 53.2 Å². The van der Waals surface area contributed by atoms with Gasteiger partial charge in [0.2, 0.25) is 5.91 Å². The zero-order valence-corrected chi connectivity index (χ0v) is 19.7. The van der Waals surface area contributed by atoms with E-state index in [-0.39, 0.29) is 17.4 Å². The molecule has 1 amide bonds. The van der Waals surface area contributed by atoms with Gasteiger partial charge in [0, 0.05) is 19.5 Å². The van der Waals surface area contributed by atoms with Crippen LogP contribution in [0.1, 0.15) is 50.8 Å². The maximum atomic E-state index is 12.8. The van der Waals surface area contributed by atoms with Crippen LogP contribution < -0.4 is 21.3 Å². The Kier molecular flexibility index (Phi) is 8.21.